The Kier molecular flexibility index (Phi) is 4.83. The molecule has 1 unspecified atom stereocenters. The second kappa shape index (κ2) is 6.40. The summed E-state index contributed by atoms with van der Waals surface area (Å²) < 4.78 is 10.6. The first kappa shape index (κ1) is 14.4. The zero-order chi connectivity index (χ0) is 13.7. The molecule has 19 heavy (non-hydrogen) atoms. The Morgan fingerprint density at radius 1 is 1.26 bits per heavy atom. The van der Waals surface area contributed by atoms with E-state index in [1.807, 2.05) is 12.1 Å². The molecular weight excluding hydrogens is 238 g/mol. The molecule has 0 heterocycles. The number of benzene rings is 1. The van der Waals surface area contributed by atoms with E-state index in [0.29, 0.717) is 11.5 Å². The third-order valence-electron chi connectivity index (χ3n) is 4.18. The number of hydrogen-bond acceptors (Lipinski definition) is 3. The summed E-state index contributed by atoms with van der Waals surface area (Å²) in [4.78, 5) is 0. The van der Waals surface area contributed by atoms with Gasteiger partial charge >= 0.3 is 0 Å². The van der Waals surface area contributed by atoms with Gasteiger partial charge < -0.3 is 14.8 Å². The van der Waals surface area contributed by atoms with Gasteiger partial charge in [0, 0.05) is 31.9 Å². The van der Waals surface area contributed by atoms with Crippen molar-refractivity contribution in [2.45, 2.75) is 32.2 Å². The molecule has 1 aliphatic rings. The SMILES string of the molecule is COCCC1(CNC(C)c2ccccc2OC)CC1. The molecule has 0 amide bonds. The molecule has 106 valence electrons. The monoisotopic (exact) mass is 263 g/mol. The Bertz CT molecular complexity index is 401. The van der Waals surface area contributed by atoms with Gasteiger partial charge in [-0.1, -0.05) is 18.2 Å². The first-order valence-electron chi connectivity index (χ1n) is 7.06. The number of hydrogen-bond donors (Lipinski definition) is 1. The third kappa shape index (κ3) is 3.71. The van der Waals surface area contributed by atoms with Crippen molar-refractivity contribution >= 4 is 0 Å². The molecule has 1 aromatic rings. The molecule has 1 aliphatic carbocycles. The fraction of sp³-hybridized carbons (Fsp3) is 0.625. The zero-order valence-corrected chi connectivity index (χ0v) is 12.2. The number of rotatable bonds is 8. The first-order valence-corrected chi connectivity index (χ1v) is 7.06. The van der Waals surface area contributed by atoms with Crippen LogP contribution >= 0.6 is 0 Å². The minimum absolute atomic E-state index is 0.316. The Balaban J connectivity index is 1.89. The average Bonchev–Trinajstić information content (AvgIpc) is 3.23. The standard InChI is InChI=1S/C16H25NO2/c1-13(14-6-4-5-7-15(14)19-3)17-12-16(8-9-16)10-11-18-2/h4-7,13,17H,8-12H2,1-3H3. The quantitative estimate of drug-likeness (QED) is 0.781. The van der Waals surface area contributed by atoms with Crippen LogP contribution in [0.15, 0.2) is 24.3 Å². The summed E-state index contributed by atoms with van der Waals surface area (Å²) in [6.07, 6.45) is 3.80. The maximum absolute atomic E-state index is 5.42. The number of para-hydroxylation sites is 1. The largest absolute Gasteiger partial charge is 0.496 e. The van der Waals surface area contributed by atoms with Crippen molar-refractivity contribution in [3.63, 3.8) is 0 Å². The summed E-state index contributed by atoms with van der Waals surface area (Å²) >= 11 is 0. The van der Waals surface area contributed by atoms with Crippen LogP contribution < -0.4 is 10.1 Å². The predicted molar refractivity (Wildman–Crippen MR) is 77.6 cm³/mol. The van der Waals surface area contributed by atoms with Gasteiger partial charge in [-0.25, -0.2) is 0 Å². The fourth-order valence-corrected chi connectivity index (χ4v) is 2.51. The molecule has 0 saturated heterocycles. The molecule has 0 aliphatic heterocycles. The Morgan fingerprint density at radius 3 is 2.63 bits per heavy atom. The van der Waals surface area contributed by atoms with Gasteiger partial charge in [0.25, 0.3) is 0 Å². The lowest BCUT2D eigenvalue weighted by molar-refractivity contribution is 0.170. The van der Waals surface area contributed by atoms with E-state index < -0.39 is 0 Å². The molecule has 1 aromatic carbocycles. The van der Waals surface area contributed by atoms with Gasteiger partial charge in [0.15, 0.2) is 0 Å². The maximum atomic E-state index is 5.42. The molecule has 3 nitrogen and oxygen atoms in total. The molecule has 3 heteroatoms. The topological polar surface area (TPSA) is 30.5 Å². The summed E-state index contributed by atoms with van der Waals surface area (Å²) in [7, 11) is 3.51. The lowest BCUT2D eigenvalue weighted by Gasteiger charge is -2.21. The summed E-state index contributed by atoms with van der Waals surface area (Å²) in [5.74, 6) is 0.962. The van der Waals surface area contributed by atoms with Gasteiger partial charge in [0.2, 0.25) is 0 Å². The van der Waals surface area contributed by atoms with Crippen molar-refractivity contribution in [3.05, 3.63) is 29.8 Å². The Hall–Kier alpha value is -1.06. The smallest absolute Gasteiger partial charge is 0.123 e. The first-order chi connectivity index (χ1) is 9.21. The predicted octanol–water partition coefficient (Wildman–Crippen LogP) is 3.16. The second-order valence-electron chi connectivity index (χ2n) is 5.59. The van der Waals surface area contributed by atoms with Crippen LogP contribution in [0.3, 0.4) is 0 Å². The molecule has 1 N–H and O–H groups in total. The normalized spacial score (nSPS) is 18.1. The maximum Gasteiger partial charge on any atom is 0.123 e. The molecule has 0 aromatic heterocycles. The molecule has 2 rings (SSSR count). The van der Waals surface area contributed by atoms with E-state index >= 15 is 0 Å². The van der Waals surface area contributed by atoms with Gasteiger partial charge in [0.05, 0.1) is 7.11 Å². The van der Waals surface area contributed by atoms with Gasteiger partial charge in [0.1, 0.15) is 5.75 Å². The van der Waals surface area contributed by atoms with Gasteiger partial charge in [-0.3, -0.25) is 0 Å². The summed E-state index contributed by atoms with van der Waals surface area (Å²) in [6, 6.07) is 8.54. The van der Waals surface area contributed by atoms with Crippen LogP contribution in [0.2, 0.25) is 0 Å². The van der Waals surface area contributed by atoms with Gasteiger partial charge in [-0.05, 0) is 37.7 Å². The van der Waals surface area contributed by atoms with Crippen molar-refractivity contribution in [3.8, 4) is 5.75 Å². The zero-order valence-electron chi connectivity index (χ0n) is 12.2. The molecule has 1 saturated carbocycles. The molecule has 0 bridgehead atoms. The van der Waals surface area contributed by atoms with Crippen molar-refractivity contribution in [2.75, 3.05) is 27.4 Å². The van der Waals surface area contributed by atoms with Crippen molar-refractivity contribution < 1.29 is 9.47 Å². The van der Waals surface area contributed by atoms with Crippen LogP contribution in [0.5, 0.6) is 5.75 Å². The van der Waals surface area contributed by atoms with E-state index in [1.54, 1.807) is 14.2 Å². The van der Waals surface area contributed by atoms with E-state index in [-0.39, 0.29) is 0 Å². The molecule has 1 fully saturated rings. The van der Waals surface area contributed by atoms with Gasteiger partial charge in [-0.2, -0.15) is 0 Å². The van der Waals surface area contributed by atoms with Crippen LogP contribution in [0.25, 0.3) is 0 Å². The molecule has 1 atom stereocenters. The van der Waals surface area contributed by atoms with Crippen LogP contribution in [0.4, 0.5) is 0 Å². The van der Waals surface area contributed by atoms with E-state index in [2.05, 4.69) is 24.4 Å². The van der Waals surface area contributed by atoms with Crippen LogP contribution in [0, 0.1) is 5.41 Å². The number of ether oxygens (including phenoxy) is 2. The van der Waals surface area contributed by atoms with Crippen LogP contribution in [-0.4, -0.2) is 27.4 Å². The lowest BCUT2D eigenvalue weighted by atomic mass is 10.0. The fourth-order valence-electron chi connectivity index (χ4n) is 2.51. The molecular formula is C16H25NO2. The summed E-state index contributed by atoms with van der Waals surface area (Å²) in [6.45, 7) is 4.13. The molecule has 0 spiro atoms. The Labute approximate surface area is 116 Å². The third-order valence-corrected chi connectivity index (χ3v) is 4.18. The van der Waals surface area contributed by atoms with Crippen LogP contribution in [-0.2, 0) is 4.74 Å². The minimum atomic E-state index is 0.316. The average molecular weight is 263 g/mol. The highest BCUT2D eigenvalue weighted by molar-refractivity contribution is 5.35. The summed E-state index contributed by atoms with van der Waals surface area (Å²) in [5.41, 5.74) is 1.71. The highest BCUT2D eigenvalue weighted by Gasteiger charge is 2.41. The van der Waals surface area contributed by atoms with E-state index in [9.17, 15) is 0 Å². The number of methoxy groups -OCH3 is 2. The van der Waals surface area contributed by atoms with E-state index in [1.165, 1.54) is 18.4 Å². The summed E-state index contributed by atoms with van der Waals surface area (Å²) in [5, 5.41) is 3.65. The lowest BCUT2D eigenvalue weighted by Crippen LogP contribution is -2.27. The van der Waals surface area contributed by atoms with Crippen molar-refractivity contribution in [2.24, 2.45) is 5.41 Å². The molecule has 0 radical (unpaired) electrons. The van der Waals surface area contributed by atoms with E-state index in [4.69, 9.17) is 9.47 Å². The highest BCUT2D eigenvalue weighted by atomic mass is 16.5. The van der Waals surface area contributed by atoms with Crippen molar-refractivity contribution in [1.82, 2.24) is 5.32 Å². The van der Waals surface area contributed by atoms with Crippen LogP contribution in [0.1, 0.15) is 37.8 Å². The van der Waals surface area contributed by atoms with E-state index in [0.717, 1.165) is 25.3 Å². The number of nitrogens with one attached hydrogen (secondary N) is 1. The second-order valence-corrected chi connectivity index (χ2v) is 5.59. The van der Waals surface area contributed by atoms with Gasteiger partial charge in [-0.15, -0.1) is 0 Å². The minimum Gasteiger partial charge on any atom is -0.496 e. The Morgan fingerprint density at radius 2 is 2.00 bits per heavy atom. The highest BCUT2D eigenvalue weighted by Crippen LogP contribution is 2.48. The van der Waals surface area contributed by atoms with Crippen molar-refractivity contribution in [1.29, 1.82) is 0 Å².